The molecule has 80 valence electrons. The molecular formula is C11H10N4S. The highest BCUT2D eigenvalue weighted by Gasteiger charge is 2.06. The Bertz CT molecular complexity index is 612. The molecule has 1 aromatic carbocycles. The first-order valence-electron chi connectivity index (χ1n) is 4.94. The van der Waals surface area contributed by atoms with E-state index in [9.17, 15) is 0 Å². The maximum Gasteiger partial charge on any atom is 0.150 e. The van der Waals surface area contributed by atoms with Gasteiger partial charge in [0.25, 0.3) is 0 Å². The quantitative estimate of drug-likeness (QED) is 0.708. The molecule has 0 unspecified atom stereocenters. The Kier molecular flexibility index (Phi) is 2.19. The van der Waals surface area contributed by atoms with Crippen molar-refractivity contribution in [2.75, 3.05) is 0 Å². The fourth-order valence-electron chi connectivity index (χ4n) is 1.63. The predicted molar refractivity (Wildman–Crippen MR) is 65.1 cm³/mol. The molecule has 0 amide bonds. The number of nitrogens with zero attached hydrogens (tertiary/aromatic N) is 2. The molecule has 0 fully saturated rings. The number of rotatable bonds is 2. The van der Waals surface area contributed by atoms with Gasteiger partial charge in [-0.05, 0) is 17.7 Å². The van der Waals surface area contributed by atoms with E-state index in [1.54, 1.807) is 16.8 Å². The molecule has 0 radical (unpaired) electrons. The van der Waals surface area contributed by atoms with Crippen molar-refractivity contribution in [1.29, 1.82) is 0 Å². The minimum Gasteiger partial charge on any atom is -0.337 e. The van der Waals surface area contributed by atoms with Gasteiger partial charge in [0, 0.05) is 12.7 Å². The molecule has 0 atom stereocenters. The number of hydrogen-bond acceptors (Lipinski definition) is 4. The first-order valence-corrected chi connectivity index (χ1v) is 5.82. The summed E-state index contributed by atoms with van der Waals surface area (Å²) in [6.45, 7) is 0.546. The number of nitrogens with two attached hydrogens (primary N) is 1. The molecule has 16 heavy (non-hydrogen) atoms. The first kappa shape index (κ1) is 9.50. The van der Waals surface area contributed by atoms with Gasteiger partial charge in [-0.25, -0.2) is 4.98 Å². The van der Waals surface area contributed by atoms with Crippen LogP contribution in [0.1, 0.15) is 5.56 Å². The van der Waals surface area contributed by atoms with Gasteiger partial charge < -0.3 is 10.7 Å². The minimum absolute atomic E-state index is 0.546. The van der Waals surface area contributed by atoms with Gasteiger partial charge >= 0.3 is 0 Å². The standard InChI is InChI=1S/C11H10N4S/c12-4-7-1-2-8-9(3-7)15-11(14-8)10-5-13-6-16-10/h1-3,5-6H,4,12H2,(H,14,15). The number of benzene rings is 1. The summed E-state index contributed by atoms with van der Waals surface area (Å²) in [5.41, 5.74) is 10.5. The van der Waals surface area contributed by atoms with Crippen LogP contribution in [0.2, 0.25) is 0 Å². The zero-order valence-electron chi connectivity index (χ0n) is 8.47. The average Bonchev–Trinajstić information content (AvgIpc) is 2.96. The third kappa shape index (κ3) is 1.50. The van der Waals surface area contributed by atoms with Crippen LogP contribution in [0, 0.1) is 0 Å². The molecule has 2 heterocycles. The molecule has 2 aromatic heterocycles. The van der Waals surface area contributed by atoms with E-state index >= 15 is 0 Å². The largest absolute Gasteiger partial charge is 0.337 e. The normalized spacial score (nSPS) is 11.1. The van der Waals surface area contributed by atoms with Gasteiger partial charge in [0.1, 0.15) is 5.82 Å². The molecule has 3 aromatic rings. The number of aromatic amines is 1. The number of aromatic nitrogens is 3. The van der Waals surface area contributed by atoms with Crippen LogP contribution in [0.25, 0.3) is 21.7 Å². The van der Waals surface area contributed by atoms with E-state index in [1.165, 1.54) is 0 Å². The fraction of sp³-hybridized carbons (Fsp3) is 0.0909. The minimum atomic E-state index is 0.546. The monoisotopic (exact) mass is 230 g/mol. The van der Waals surface area contributed by atoms with Crippen LogP contribution in [0.4, 0.5) is 0 Å². The molecule has 0 aliphatic heterocycles. The van der Waals surface area contributed by atoms with Crippen LogP contribution in [-0.2, 0) is 6.54 Å². The van der Waals surface area contributed by atoms with E-state index in [-0.39, 0.29) is 0 Å². The fourth-order valence-corrected chi connectivity index (χ4v) is 2.20. The Morgan fingerprint density at radius 1 is 1.38 bits per heavy atom. The molecule has 0 saturated carbocycles. The summed E-state index contributed by atoms with van der Waals surface area (Å²) in [6.07, 6.45) is 1.81. The van der Waals surface area contributed by atoms with Crippen LogP contribution in [0.3, 0.4) is 0 Å². The highest BCUT2D eigenvalue weighted by Crippen LogP contribution is 2.23. The van der Waals surface area contributed by atoms with Crippen molar-refractivity contribution in [1.82, 2.24) is 15.0 Å². The zero-order chi connectivity index (χ0) is 11.0. The maximum atomic E-state index is 5.60. The molecule has 0 aliphatic carbocycles. The summed E-state index contributed by atoms with van der Waals surface area (Å²) in [6, 6.07) is 6.02. The Hall–Kier alpha value is -1.72. The lowest BCUT2D eigenvalue weighted by molar-refractivity contribution is 1.07. The second kappa shape index (κ2) is 3.70. The van der Waals surface area contributed by atoms with Gasteiger partial charge in [0.2, 0.25) is 0 Å². The van der Waals surface area contributed by atoms with Crippen LogP contribution in [-0.4, -0.2) is 15.0 Å². The van der Waals surface area contributed by atoms with E-state index in [1.807, 2.05) is 24.4 Å². The third-order valence-corrected chi connectivity index (χ3v) is 3.23. The zero-order valence-corrected chi connectivity index (χ0v) is 9.29. The van der Waals surface area contributed by atoms with E-state index in [0.717, 1.165) is 27.3 Å². The number of nitrogens with one attached hydrogen (secondary N) is 1. The Labute approximate surface area is 96.2 Å². The highest BCUT2D eigenvalue weighted by atomic mass is 32.1. The molecule has 0 saturated heterocycles. The van der Waals surface area contributed by atoms with Crippen molar-refractivity contribution < 1.29 is 0 Å². The number of H-pyrrole nitrogens is 1. The van der Waals surface area contributed by atoms with Crippen molar-refractivity contribution in [3.63, 3.8) is 0 Å². The van der Waals surface area contributed by atoms with Crippen LogP contribution < -0.4 is 5.73 Å². The van der Waals surface area contributed by atoms with Crippen molar-refractivity contribution in [2.45, 2.75) is 6.54 Å². The lowest BCUT2D eigenvalue weighted by atomic mass is 10.2. The number of thiazole rings is 1. The predicted octanol–water partition coefficient (Wildman–Crippen LogP) is 2.15. The van der Waals surface area contributed by atoms with E-state index in [4.69, 9.17) is 5.73 Å². The number of imidazole rings is 1. The summed E-state index contributed by atoms with van der Waals surface area (Å²) in [5, 5.41) is 0. The van der Waals surface area contributed by atoms with Crippen LogP contribution in [0.15, 0.2) is 29.9 Å². The highest BCUT2D eigenvalue weighted by molar-refractivity contribution is 7.13. The van der Waals surface area contributed by atoms with Gasteiger partial charge in [0.15, 0.2) is 0 Å². The van der Waals surface area contributed by atoms with Gasteiger partial charge in [0.05, 0.1) is 21.4 Å². The van der Waals surface area contributed by atoms with Crippen LogP contribution in [0.5, 0.6) is 0 Å². The average molecular weight is 230 g/mol. The topological polar surface area (TPSA) is 67.6 Å². The lowest BCUT2D eigenvalue weighted by Gasteiger charge is -1.94. The summed E-state index contributed by atoms with van der Waals surface area (Å²) in [7, 11) is 0. The van der Waals surface area contributed by atoms with Gasteiger partial charge in [-0.1, -0.05) is 6.07 Å². The van der Waals surface area contributed by atoms with Crippen LogP contribution >= 0.6 is 11.3 Å². The number of fused-ring (bicyclic) bond motifs is 1. The summed E-state index contributed by atoms with van der Waals surface area (Å²) < 4.78 is 0. The Morgan fingerprint density at radius 3 is 3.06 bits per heavy atom. The van der Waals surface area contributed by atoms with E-state index < -0.39 is 0 Å². The summed E-state index contributed by atoms with van der Waals surface area (Å²) in [5.74, 6) is 0.867. The lowest BCUT2D eigenvalue weighted by Crippen LogP contribution is -1.95. The molecule has 4 nitrogen and oxygen atoms in total. The molecule has 3 rings (SSSR count). The molecule has 0 spiro atoms. The van der Waals surface area contributed by atoms with E-state index in [0.29, 0.717) is 6.54 Å². The van der Waals surface area contributed by atoms with Crippen molar-refractivity contribution in [3.8, 4) is 10.7 Å². The van der Waals surface area contributed by atoms with Gasteiger partial charge in [-0.2, -0.15) is 0 Å². The second-order valence-corrected chi connectivity index (χ2v) is 4.39. The number of hydrogen-bond donors (Lipinski definition) is 2. The Morgan fingerprint density at radius 2 is 2.31 bits per heavy atom. The SMILES string of the molecule is NCc1ccc2nc(-c3cncs3)[nH]c2c1. The summed E-state index contributed by atoms with van der Waals surface area (Å²) in [4.78, 5) is 12.9. The second-order valence-electron chi connectivity index (χ2n) is 3.51. The summed E-state index contributed by atoms with van der Waals surface area (Å²) >= 11 is 1.57. The molecule has 0 bridgehead atoms. The maximum absolute atomic E-state index is 5.60. The molecule has 5 heteroatoms. The third-order valence-electron chi connectivity index (χ3n) is 2.45. The van der Waals surface area contributed by atoms with Crippen molar-refractivity contribution >= 4 is 22.4 Å². The van der Waals surface area contributed by atoms with Gasteiger partial charge in [-0.15, -0.1) is 11.3 Å². The molecule has 3 N–H and O–H groups in total. The van der Waals surface area contributed by atoms with Crippen molar-refractivity contribution in [3.05, 3.63) is 35.5 Å². The van der Waals surface area contributed by atoms with E-state index in [2.05, 4.69) is 15.0 Å². The Balaban J connectivity index is 2.16. The smallest absolute Gasteiger partial charge is 0.150 e. The van der Waals surface area contributed by atoms with Gasteiger partial charge in [-0.3, -0.25) is 4.98 Å². The molecule has 0 aliphatic rings. The van der Waals surface area contributed by atoms with Crippen molar-refractivity contribution in [2.24, 2.45) is 5.73 Å². The first-order chi connectivity index (χ1) is 7.86. The molecular weight excluding hydrogens is 220 g/mol.